The van der Waals surface area contributed by atoms with E-state index in [2.05, 4.69) is 0 Å². The molecule has 0 saturated heterocycles. The fourth-order valence-electron chi connectivity index (χ4n) is 1.21. The van der Waals surface area contributed by atoms with Crippen LogP contribution < -0.4 is 5.73 Å². The van der Waals surface area contributed by atoms with E-state index in [0.29, 0.717) is 0 Å². The second kappa shape index (κ2) is 5.12. The summed E-state index contributed by atoms with van der Waals surface area (Å²) >= 11 is 0. The van der Waals surface area contributed by atoms with E-state index in [0.717, 1.165) is 16.4 Å². The van der Waals surface area contributed by atoms with Crippen LogP contribution in [0.15, 0.2) is 23.1 Å². The van der Waals surface area contributed by atoms with Gasteiger partial charge in [-0.25, -0.2) is 12.8 Å². The third-order valence-electron chi connectivity index (χ3n) is 2.18. The fraction of sp³-hybridized carbons (Fsp3) is 0.300. The van der Waals surface area contributed by atoms with Crippen molar-refractivity contribution >= 4 is 15.7 Å². The van der Waals surface area contributed by atoms with Gasteiger partial charge in [0.1, 0.15) is 10.7 Å². The molecule has 17 heavy (non-hydrogen) atoms. The summed E-state index contributed by atoms with van der Waals surface area (Å²) < 4.78 is 38.2. The highest BCUT2D eigenvalue weighted by Crippen LogP contribution is 2.20. The minimum absolute atomic E-state index is 0.00702. The van der Waals surface area contributed by atoms with Crippen molar-refractivity contribution in [3.63, 3.8) is 0 Å². The summed E-state index contributed by atoms with van der Waals surface area (Å²) in [6.45, 7) is 0.00702. The Morgan fingerprint density at radius 2 is 2.18 bits per heavy atom. The molecule has 0 atom stereocenters. The van der Waals surface area contributed by atoms with Crippen LogP contribution in [0.5, 0.6) is 0 Å². The molecule has 0 spiro atoms. The van der Waals surface area contributed by atoms with Crippen molar-refractivity contribution in [2.45, 2.75) is 11.3 Å². The third kappa shape index (κ3) is 2.93. The van der Waals surface area contributed by atoms with Gasteiger partial charge in [-0.15, -0.1) is 0 Å². The molecule has 2 N–H and O–H groups in total. The maximum absolute atomic E-state index is 13.4. The van der Waals surface area contributed by atoms with Crippen molar-refractivity contribution in [1.29, 1.82) is 5.26 Å². The lowest BCUT2D eigenvalue weighted by Gasteiger charge is -2.16. The van der Waals surface area contributed by atoms with E-state index in [1.165, 1.54) is 13.1 Å². The normalized spacial score (nSPS) is 11.4. The second-order valence-corrected chi connectivity index (χ2v) is 5.44. The highest BCUT2D eigenvalue weighted by atomic mass is 32.2. The summed E-state index contributed by atoms with van der Waals surface area (Å²) in [5.74, 6) is -0.858. The van der Waals surface area contributed by atoms with Gasteiger partial charge >= 0.3 is 0 Å². The molecule has 0 amide bonds. The maximum Gasteiger partial charge on any atom is 0.245 e. The van der Waals surface area contributed by atoms with Crippen LogP contribution in [0.4, 0.5) is 10.1 Å². The molecule has 0 unspecified atom stereocenters. The van der Waals surface area contributed by atoms with Gasteiger partial charge in [-0.2, -0.15) is 9.57 Å². The number of sulfonamides is 1. The molecule has 7 heteroatoms. The third-order valence-corrected chi connectivity index (χ3v) is 4.05. The lowest BCUT2D eigenvalue weighted by atomic mass is 10.3. The lowest BCUT2D eigenvalue weighted by Crippen LogP contribution is -2.28. The van der Waals surface area contributed by atoms with Gasteiger partial charge in [-0.3, -0.25) is 0 Å². The fourth-order valence-corrected chi connectivity index (χ4v) is 2.48. The van der Waals surface area contributed by atoms with Crippen LogP contribution in [0.2, 0.25) is 0 Å². The molecule has 0 radical (unpaired) electrons. The molecule has 0 aliphatic heterocycles. The van der Waals surface area contributed by atoms with Gasteiger partial charge in [0.2, 0.25) is 10.0 Å². The molecule has 92 valence electrons. The first-order valence-electron chi connectivity index (χ1n) is 4.78. The molecule has 0 bridgehead atoms. The standard InChI is InChI=1S/C10H12FN3O2S/c1-14(6-2-5-12)17(15,16)10-7-8(13)3-4-9(10)11/h3-4,7H,2,6,13H2,1H3. The van der Waals surface area contributed by atoms with E-state index in [4.69, 9.17) is 11.0 Å². The molecule has 1 rings (SSSR count). The number of halogens is 1. The first kappa shape index (κ1) is 13.4. The number of nitrogen functional groups attached to an aromatic ring is 1. The Bertz CT molecular complexity index is 551. The predicted molar refractivity (Wildman–Crippen MR) is 60.9 cm³/mol. The zero-order chi connectivity index (χ0) is 13.1. The summed E-state index contributed by atoms with van der Waals surface area (Å²) in [4.78, 5) is -0.474. The number of rotatable bonds is 4. The number of nitriles is 1. The number of benzene rings is 1. The van der Waals surface area contributed by atoms with Crippen molar-refractivity contribution in [3.8, 4) is 6.07 Å². The quantitative estimate of drug-likeness (QED) is 0.813. The van der Waals surface area contributed by atoms with Crippen molar-refractivity contribution < 1.29 is 12.8 Å². The molecule has 0 fully saturated rings. The van der Waals surface area contributed by atoms with Crippen LogP contribution in [-0.4, -0.2) is 26.3 Å². The van der Waals surface area contributed by atoms with Crippen molar-refractivity contribution in [2.24, 2.45) is 0 Å². The van der Waals surface area contributed by atoms with E-state index < -0.39 is 20.7 Å². The summed E-state index contributed by atoms with van der Waals surface area (Å²) in [7, 11) is -2.65. The van der Waals surface area contributed by atoms with Crippen molar-refractivity contribution in [1.82, 2.24) is 4.31 Å². The Kier molecular flexibility index (Phi) is 4.04. The number of hydrogen-bond donors (Lipinski definition) is 1. The Labute approximate surface area is 99.3 Å². The molecule has 0 aliphatic rings. The van der Waals surface area contributed by atoms with Crippen LogP contribution in [-0.2, 0) is 10.0 Å². The molecule has 0 saturated carbocycles. The molecule has 5 nitrogen and oxygen atoms in total. The van der Waals surface area contributed by atoms with Gasteiger partial charge in [0.15, 0.2) is 0 Å². The summed E-state index contributed by atoms with van der Waals surface area (Å²) in [6.07, 6.45) is 0.0413. The van der Waals surface area contributed by atoms with Gasteiger partial charge < -0.3 is 5.73 Å². The topological polar surface area (TPSA) is 87.2 Å². The van der Waals surface area contributed by atoms with E-state index in [-0.39, 0.29) is 18.7 Å². The monoisotopic (exact) mass is 257 g/mol. The minimum Gasteiger partial charge on any atom is -0.399 e. The van der Waals surface area contributed by atoms with Gasteiger partial charge in [-0.1, -0.05) is 0 Å². The van der Waals surface area contributed by atoms with Crippen LogP contribution in [0.25, 0.3) is 0 Å². The smallest absolute Gasteiger partial charge is 0.245 e. The number of anilines is 1. The number of nitrogens with two attached hydrogens (primary N) is 1. The zero-order valence-electron chi connectivity index (χ0n) is 9.22. The van der Waals surface area contributed by atoms with Gasteiger partial charge in [0.25, 0.3) is 0 Å². The average Bonchev–Trinajstić information content (AvgIpc) is 2.28. The highest BCUT2D eigenvalue weighted by molar-refractivity contribution is 7.89. The van der Waals surface area contributed by atoms with E-state index >= 15 is 0 Å². The van der Waals surface area contributed by atoms with E-state index in [9.17, 15) is 12.8 Å². The van der Waals surface area contributed by atoms with Gasteiger partial charge in [0.05, 0.1) is 6.07 Å². The molecule has 1 aromatic carbocycles. The SMILES string of the molecule is CN(CCC#N)S(=O)(=O)c1cc(N)ccc1F. The van der Waals surface area contributed by atoms with Crippen LogP contribution in [0, 0.1) is 17.1 Å². The highest BCUT2D eigenvalue weighted by Gasteiger charge is 2.24. The first-order valence-corrected chi connectivity index (χ1v) is 6.22. The maximum atomic E-state index is 13.4. The van der Waals surface area contributed by atoms with Gasteiger partial charge in [-0.05, 0) is 18.2 Å². The molecule has 0 aromatic heterocycles. The van der Waals surface area contributed by atoms with Crippen LogP contribution >= 0.6 is 0 Å². The molecular weight excluding hydrogens is 245 g/mol. The molecule has 0 aliphatic carbocycles. The molecule has 1 aromatic rings. The average molecular weight is 257 g/mol. The largest absolute Gasteiger partial charge is 0.399 e. The summed E-state index contributed by atoms with van der Waals surface area (Å²) in [6, 6.07) is 5.17. The first-order chi connectivity index (χ1) is 7.89. The molecule has 0 heterocycles. The summed E-state index contributed by atoms with van der Waals surface area (Å²) in [5.41, 5.74) is 5.59. The molecular formula is C10H12FN3O2S. The Morgan fingerprint density at radius 3 is 2.76 bits per heavy atom. The Morgan fingerprint density at radius 1 is 1.53 bits per heavy atom. The van der Waals surface area contributed by atoms with Gasteiger partial charge in [0, 0.05) is 25.7 Å². The second-order valence-electron chi connectivity index (χ2n) is 3.42. The number of hydrogen-bond acceptors (Lipinski definition) is 4. The van der Waals surface area contributed by atoms with E-state index in [1.54, 1.807) is 0 Å². The lowest BCUT2D eigenvalue weighted by molar-refractivity contribution is 0.469. The van der Waals surface area contributed by atoms with Crippen molar-refractivity contribution in [2.75, 3.05) is 19.3 Å². The number of nitrogens with zero attached hydrogens (tertiary/aromatic N) is 2. The van der Waals surface area contributed by atoms with Crippen LogP contribution in [0.1, 0.15) is 6.42 Å². The Balaban J connectivity index is 3.13. The van der Waals surface area contributed by atoms with E-state index in [1.807, 2.05) is 6.07 Å². The predicted octanol–water partition coefficient (Wildman–Crippen LogP) is 0.942. The summed E-state index contributed by atoms with van der Waals surface area (Å²) in [5, 5.41) is 8.38. The van der Waals surface area contributed by atoms with Crippen molar-refractivity contribution in [3.05, 3.63) is 24.0 Å². The Hall–Kier alpha value is -1.65. The minimum atomic E-state index is -3.94. The zero-order valence-corrected chi connectivity index (χ0v) is 10.0. The van der Waals surface area contributed by atoms with Crippen LogP contribution in [0.3, 0.4) is 0 Å².